The van der Waals surface area contributed by atoms with E-state index >= 15 is 0 Å². The molecule has 1 unspecified atom stereocenters. The lowest BCUT2D eigenvalue weighted by Crippen LogP contribution is -2.44. The van der Waals surface area contributed by atoms with Gasteiger partial charge in [0.25, 0.3) is 0 Å². The van der Waals surface area contributed by atoms with Crippen LogP contribution >= 0.6 is 0 Å². The molecular weight excluding hydrogens is 382 g/mol. The molecular formula is C23H33N3O4. The van der Waals surface area contributed by atoms with E-state index < -0.39 is 5.60 Å². The van der Waals surface area contributed by atoms with Crippen molar-refractivity contribution in [2.24, 2.45) is 4.99 Å². The molecule has 1 aliphatic carbocycles. The highest BCUT2D eigenvalue weighted by Gasteiger charge is 2.26. The Kier molecular flexibility index (Phi) is 7.63. The molecule has 1 heterocycles. The smallest absolute Gasteiger partial charge is 0.191 e. The third-order valence-electron chi connectivity index (χ3n) is 5.27. The predicted molar refractivity (Wildman–Crippen MR) is 117 cm³/mol. The van der Waals surface area contributed by atoms with Gasteiger partial charge in [-0.2, -0.15) is 0 Å². The Morgan fingerprint density at radius 3 is 2.73 bits per heavy atom. The van der Waals surface area contributed by atoms with E-state index in [0.717, 1.165) is 29.9 Å². The van der Waals surface area contributed by atoms with E-state index in [0.29, 0.717) is 24.8 Å². The molecule has 1 fully saturated rings. The molecule has 0 aliphatic heterocycles. The minimum atomic E-state index is -1.14. The van der Waals surface area contributed by atoms with Gasteiger partial charge < -0.3 is 29.6 Å². The lowest BCUT2D eigenvalue weighted by Gasteiger charge is -2.23. The zero-order valence-corrected chi connectivity index (χ0v) is 18.1. The van der Waals surface area contributed by atoms with Crippen LogP contribution in [-0.4, -0.2) is 37.4 Å². The van der Waals surface area contributed by atoms with Gasteiger partial charge in [0, 0.05) is 18.2 Å². The van der Waals surface area contributed by atoms with Crippen LogP contribution in [0.15, 0.2) is 46.0 Å². The van der Waals surface area contributed by atoms with Crippen molar-refractivity contribution in [2.75, 3.05) is 20.2 Å². The molecule has 0 bridgehead atoms. The predicted octanol–water partition coefficient (Wildman–Crippen LogP) is 3.57. The standard InChI is InChI=1S/C23H33N3O4/c1-4-24-22(26-16-23(2,27)21-10-7-13-29-21)25-15-17-11-12-19(28-3)14-20(17)30-18-8-5-6-9-18/h7,10-14,18,27H,4-6,8-9,15-16H2,1-3H3,(H2,24,25,26). The van der Waals surface area contributed by atoms with E-state index in [1.54, 1.807) is 32.4 Å². The van der Waals surface area contributed by atoms with Crippen LogP contribution in [0.2, 0.25) is 0 Å². The zero-order chi connectivity index (χ0) is 21.4. The van der Waals surface area contributed by atoms with Crippen LogP contribution in [-0.2, 0) is 12.1 Å². The molecule has 164 valence electrons. The summed E-state index contributed by atoms with van der Waals surface area (Å²) in [7, 11) is 1.66. The highest BCUT2D eigenvalue weighted by atomic mass is 16.5. The highest BCUT2D eigenvalue weighted by Crippen LogP contribution is 2.30. The average Bonchev–Trinajstić information content (AvgIpc) is 3.45. The molecule has 1 saturated carbocycles. The lowest BCUT2D eigenvalue weighted by atomic mass is 10.0. The number of guanidine groups is 1. The van der Waals surface area contributed by atoms with Crippen molar-refractivity contribution < 1.29 is 19.0 Å². The van der Waals surface area contributed by atoms with E-state index in [2.05, 4.69) is 10.6 Å². The highest BCUT2D eigenvalue weighted by molar-refractivity contribution is 5.79. The fourth-order valence-corrected chi connectivity index (χ4v) is 3.52. The number of benzene rings is 1. The molecule has 3 N–H and O–H groups in total. The van der Waals surface area contributed by atoms with Crippen molar-refractivity contribution in [2.45, 2.75) is 57.8 Å². The number of methoxy groups -OCH3 is 1. The Morgan fingerprint density at radius 1 is 1.27 bits per heavy atom. The van der Waals surface area contributed by atoms with E-state index in [9.17, 15) is 5.11 Å². The first kappa shape index (κ1) is 22.0. The van der Waals surface area contributed by atoms with Crippen molar-refractivity contribution in [1.29, 1.82) is 0 Å². The average molecular weight is 416 g/mol. The van der Waals surface area contributed by atoms with Gasteiger partial charge in [-0.15, -0.1) is 0 Å². The summed E-state index contributed by atoms with van der Waals surface area (Å²) < 4.78 is 17.0. The number of ether oxygens (including phenoxy) is 2. The van der Waals surface area contributed by atoms with E-state index in [-0.39, 0.29) is 12.6 Å². The summed E-state index contributed by atoms with van der Waals surface area (Å²) >= 11 is 0. The Balaban J connectivity index is 1.70. The van der Waals surface area contributed by atoms with Crippen LogP contribution in [0.5, 0.6) is 11.5 Å². The molecule has 0 saturated heterocycles. The van der Waals surface area contributed by atoms with Crippen LogP contribution in [0.3, 0.4) is 0 Å². The molecule has 1 aliphatic rings. The molecule has 3 rings (SSSR count). The largest absolute Gasteiger partial charge is 0.497 e. The fraction of sp³-hybridized carbons (Fsp3) is 0.522. The first-order valence-corrected chi connectivity index (χ1v) is 10.6. The second-order valence-electron chi connectivity index (χ2n) is 7.80. The topological polar surface area (TPSA) is 88.3 Å². The van der Waals surface area contributed by atoms with Gasteiger partial charge in [-0.3, -0.25) is 0 Å². The van der Waals surface area contributed by atoms with Crippen molar-refractivity contribution >= 4 is 5.96 Å². The number of nitrogens with zero attached hydrogens (tertiary/aromatic N) is 1. The van der Waals surface area contributed by atoms with Gasteiger partial charge in [0.1, 0.15) is 22.9 Å². The Labute approximate surface area is 178 Å². The number of hydrogen-bond donors (Lipinski definition) is 3. The first-order valence-electron chi connectivity index (χ1n) is 10.6. The number of nitrogens with one attached hydrogen (secondary N) is 2. The summed E-state index contributed by atoms with van der Waals surface area (Å²) in [5.74, 6) is 2.72. The third kappa shape index (κ3) is 5.92. The molecule has 1 atom stereocenters. The molecule has 1 aromatic heterocycles. The van der Waals surface area contributed by atoms with Gasteiger partial charge in [0.2, 0.25) is 0 Å². The summed E-state index contributed by atoms with van der Waals surface area (Å²) in [6.07, 6.45) is 6.42. The van der Waals surface area contributed by atoms with Gasteiger partial charge in [0.15, 0.2) is 5.96 Å². The van der Waals surface area contributed by atoms with Crippen molar-refractivity contribution in [3.05, 3.63) is 47.9 Å². The van der Waals surface area contributed by atoms with Crippen LogP contribution in [0, 0.1) is 0 Å². The normalized spacial score (nSPS) is 16.9. The number of rotatable bonds is 9. The summed E-state index contributed by atoms with van der Waals surface area (Å²) in [6.45, 7) is 5.14. The third-order valence-corrected chi connectivity index (χ3v) is 5.27. The van der Waals surface area contributed by atoms with E-state index in [4.69, 9.17) is 18.9 Å². The summed E-state index contributed by atoms with van der Waals surface area (Å²) in [5, 5.41) is 17.1. The van der Waals surface area contributed by atoms with Gasteiger partial charge in [-0.05, 0) is 63.8 Å². The Bertz CT molecular complexity index is 812. The SMILES string of the molecule is CCNC(=NCc1ccc(OC)cc1OC1CCCC1)NCC(C)(O)c1ccco1. The van der Waals surface area contributed by atoms with Crippen LogP contribution in [0.25, 0.3) is 0 Å². The second-order valence-corrected chi connectivity index (χ2v) is 7.80. The maximum Gasteiger partial charge on any atom is 0.191 e. The molecule has 7 nitrogen and oxygen atoms in total. The van der Waals surface area contributed by atoms with Gasteiger partial charge >= 0.3 is 0 Å². The van der Waals surface area contributed by atoms with E-state index in [1.807, 2.05) is 25.1 Å². The van der Waals surface area contributed by atoms with E-state index in [1.165, 1.54) is 12.8 Å². The van der Waals surface area contributed by atoms with Crippen LogP contribution in [0.1, 0.15) is 50.9 Å². The van der Waals surface area contributed by atoms with Gasteiger partial charge in [-0.25, -0.2) is 4.99 Å². The van der Waals surface area contributed by atoms with Crippen molar-refractivity contribution in [3.8, 4) is 11.5 Å². The van der Waals surface area contributed by atoms with Crippen molar-refractivity contribution in [3.63, 3.8) is 0 Å². The van der Waals surface area contributed by atoms with Gasteiger partial charge in [-0.1, -0.05) is 0 Å². The maximum atomic E-state index is 10.7. The molecule has 0 radical (unpaired) electrons. The number of aliphatic hydroxyl groups is 1. The Hall–Kier alpha value is -2.67. The molecule has 7 heteroatoms. The lowest BCUT2D eigenvalue weighted by molar-refractivity contribution is 0.0386. The fourth-order valence-electron chi connectivity index (χ4n) is 3.52. The Morgan fingerprint density at radius 2 is 2.07 bits per heavy atom. The summed E-state index contributed by atoms with van der Waals surface area (Å²) in [5.41, 5.74) is -0.144. The first-order chi connectivity index (χ1) is 14.5. The second kappa shape index (κ2) is 10.4. The minimum absolute atomic E-state index is 0.259. The van der Waals surface area contributed by atoms with Crippen LogP contribution in [0.4, 0.5) is 0 Å². The van der Waals surface area contributed by atoms with Crippen LogP contribution < -0.4 is 20.1 Å². The quantitative estimate of drug-likeness (QED) is 0.429. The number of hydrogen-bond acceptors (Lipinski definition) is 5. The number of aliphatic imine (C=N–C) groups is 1. The maximum absolute atomic E-state index is 10.7. The van der Waals surface area contributed by atoms with Crippen molar-refractivity contribution in [1.82, 2.24) is 10.6 Å². The monoisotopic (exact) mass is 415 g/mol. The number of furan rings is 1. The van der Waals surface area contributed by atoms with Gasteiger partial charge in [0.05, 0.1) is 32.6 Å². The minimum Gasteiger partial charge on any atom is -0.497 e. The zero-order valence-electron chi connectivity index (χ0n) is 18.1. The molecule has 30 heavy (non-hydrogen) atoms. The molecule has 1 aromatic carbocycles. The summed E-state index contributed by atoms with van der Waals surface area (Å²) in [6, 6.07) is 9.38. The molecule has 0 spiro atoms. The molecule has 2 aromatic rings. The molecule has 0 amide bonds. The summed E-state index contributed by atoms with van der Waals surface area (Å²) in [4.78, 5) is 4.69.